The molecule has 0 spiro atoms. The number of anilines is 1. The average molecular weight is 367 g/mol. The minimum Gasteiger partial charge on any atom is -0.367 e. The topological polar surface area (TPSA) is 53.5 Å². The Morgan fingerprint density at radius 3 is 2.73 bits per heavy atom. The van der Waals surface area contributed by atoms with E-state index in [1.165, 1.54) is 9.87 Å². The van der Waals surface area contributed by atoms with Gasteiger partial charge in [-0.3, -0.25) is 4.98 Å². The number of hydrogen-bond acceptors (Lipinski definition) is 4. The zero-order chi connectivity index (χ0) is 18.3. The molecule has 0 N–H and O–H groups in total. The van der Waals surface area contributed by atoms with Crippen LogP contribution >= 0.6 is 0 Å². The van der Waals surface area contributed by atoms with Gasteiger partial charge in [0.05, 0.1) is 10.4 Å². The third-order valence-corrected chi connectivity index (χ3v) is 6.71. The van der Waals surface area contributed by atoms with Gasteiger partial charge in [0.1, 0.15) is 0 Å². The summed E-state index contributed by atoms with van der Waals surface area (Å²) < 4.78 is 26.0. The van der Waals surface area contributed by atoms with Crippen molar-refractivity contribution in [2.75, 3.05) is 25.5 Å². The predicted octanol–water partition coefficient (Wildman–Crippen LogP) is 3.05. The van der Waals surface area contributed by atoms with Crippen LogP contribution < -0.4 is 4.90 Å². The van der Waals surface area contributed by atoms with Crippen molar-refractivity contribution in [2.24, 2.45) is 0 Å². The van der Waals surface area contributed by atoms with Crippen molar-refractivity contribution in [3.63, 3.8) is 0 Å². The summed E-state index contributed by atoms with van der Waals surface area (Å²) in [5.74, 6) is 0. The van der Waals surface area contributed by atoms with E-state index in [1.54, 1.807) is 20.2 Å². The van der Waals surface area contributed by atoms with Gasteiger partial charge in [-0.15, -0.1) is 0 Å². The lowest BCUT2D eigenvalue weighted by atomic mass is 10.1. The lowest BCUT2D eigenvalue weighted by Gasteiger charge is -2.20. The van der Waals surface area contributed by atoms with Gasteiger partial charge in [-0.05, 0) is 41.8 Å². The number of fused-ring (bicyclic) bond motifs is 2. The number of pyridine rings is 1. The summed E-state index contributed by atoms with van der Waals surface area (Å²) in [6, 6.07) is 15.7. The molecule has 0 fully saturated rings. The fourth-order valence-corrected chi connectivity index (χ4v) is 4.44. The lowest BCUT2D eigenvalue weighted by molar-refractivity contribution is 0.520. The predicted molar refractivity (Wildman–Crippen MR) is 104 cm³/mol. The lowest BCUT2D eigenvalue weighted by Crippen LogP contribution is -2.22. The van der Waals surface area contributed by atoms with Crippen molar-refractivity contribution < 1.29 is 8.42 Å². The molecule has 5 nitrogen and oxygen atoms in total. The van der Waals surface area contributed by atoms with Crippen LogP contribution in [0.5, 0.6) is 0 Å². The summed E-state index contributed by atoms with van der Waals surface area (Å²) in [6.07, 6.45) is 2.67. The molecule has 134 valence electrons. The van der Waals surface area contributed by atoms with Gasteiger partial charge in [-0.1, -0.05) is 24.3 Å². The minimum atomic E-state index is -3.40. The maximum Gasteiger partial charge on any atom is 0.242 e. The molecule has 0 bridgehead atoms. The first-order valence-corrected chi connectivity index (χ1v) is 10.0. The van der Waals surface area contributed by atoms with E-state index in [9.17, 15) is 8.42 Å². The molecule has 0 radical (unpaired) electrons. The van der Waals surface area contributed by atoms with E-state index in [4.69, 9.17) is 0 Å². The smallest absolute Gasteiger partial charge is 0.242 e. The van der Waals surface area contributed by atoms with Crippen LogP contribution in [-0.4, -0.2) is 38.3 Å². The molecular formula is C20H21N3O2S. The molecule has 1 aliphatic heterocycles. The van der Waals surface area contributed by atoms with Gasteiger partial charge in [0.25, 0.3) is 0 Å². The van der Waals surface area contributed by atoms with E-state index >= 15 is 0 Å². The van der Waals surface area contributed by atoms with E-state index in [-0.39, 0.29) is 0 Å². The van der Waals surface area contributed by atoms with Crippen LogP contribution in [0.1, 0.15) is 11.1 Å². The molecule has 0 aliphatic carbocycles. The summed E-state index contributed by atoms with van der Waals surface area (Å²) in [6.45, 7) is 1.64. The second-order valence-corrected chi connectivity index (χ2v) is 8.89. The Bertz CT molecular complexity index is 1070. The molecule has 0 saturated heterocycles. The Morgan fingerprint density at radius 1 is 1.12 bits per heavy atom. The molecule has 0 amide bonds. The molecule has 4 rings (SSSR count). The highest BCUT2D eigenvalue weighted by Crippen LogP contribution is 2.32. The number of sulfonamides is 1. The van der Waals surface area contributed by atoms with Crippen molar-refractivity contribution in [3.8, 4) is 0 Å². The van der Waals surface area contributed by atoms with Gasteiger partial charge < -0.3 is 4.90 Å². The Morgan fingerprint density at radius 2 is 1.92 bits per heavy atom. The summed E-state index contributed by atoms with van der Waals surface area (Å²) in [5.41, 5.74) is 4.40. The maximum atomic E-state index is 12.4. The zero-order valence-electron chi connectivity index (χ0n) is 14.9. The Kier molecular flexibility index (Phi) is 4.17. The van der Waals surface area contributed by atoms with Crippen molar-refractivity contribution in [1.82, 2.24) is 9.29 Å². The highest BCUT2D eigenvalue weighted by atomic mass is 32.2. The molecular weight excluding hydrogens is 346 g/mol. The SMILES string of the molecule is CN(C)S(=O)(=O)c1ccc2c(c1)CCN2Cc1cccc2cccnc12. The Hall–Kier alpha value is -2.44. The molecule has 0 atom stereocenters. The fraction of sp³-hybridized carbons (Fsp3) is 0.250. The fourth-order valence-electron chi connectivity index (χ4n) is 3.48. The summed E-state index contributed by atoms with van der Waals surface area (Å²) >= 11 is 0. The van der Waals surface area contributed by atoms with Gasteiger partial charge in [0.2, 0.25) is 10.0 Å². The van der Waals surface area contributed by atoms with Gasteiger partial charge >= 0.3 is 0 Å². The molecule has 3 aromatic rings. The van der Waals surface area contributed by atoms with Crippen molar-refractivity contribution in [3.05, 3.63) is 65.9 Å². The number of rotatable bonds is 4. The molecule has 0 saturated carbocycles. The zero-order valence-corrected chi connectivity index (χ0v) is 15.7. The van der Waals surface area contributed by atoms with Crippen LogP contribution in [0, 0.1) is 0 Å². The molecule has 2 heterocycles. The monoisotopic (exact) mass is 367 g/mol. The molecule has 2 aromatic carbocycles. The van der Waals surface area contributed by atoms with Gasteiger partial charge in [0.15, 0.2) is 0 Å². The molecule has 1 aromatic heterocycles. The second kappa shape index (κ2) is 6.37. The van der Waals surface area contributed by atoms with E-state index < -0.39 is 10.0 Å². The molecule has 1 aliphatic rings. The minimum absolute atomic E-state index is 0.356. The Labute approximate surface area is 153 Å². The average Bonchev–Trinajstić information content (AvgIpc) is 3.04. The first kappa shape index (κ1) is 17.0. The van der Waals surface area contributed by atoms with Crippen molar-refractivity contribution in [1.29, 1.82) is 0 Å². The first-order chi connectivity index (χ1) is 12.5. The van der Waals surface area contributed by atoms with Crippen molar-refractivity contribution >= 4 is 26.6 Å². The highest BCUT2D eigenvalue weighted by Gasteiger charge is 2.24. The van der Waals surface area contributed by atoms with E-state index in [1.807, 2.05) is 24.4 Å². The Balaban J connectivity index is 1.66. The number of nitrogens with zero attached hydrogens (tertiary/aromatic N) is 3. The van der Waals surface area contributed by atoms with Crippen LogP contribution in [0.2, 0.25) is 0 Å². The van der Waals surface area contributed by atoms with Crippen LogP contribution in [-0.2, 0) is 23.0 Å². The highest BCUT2D eigenvalue weighted by molar-refractivity contribution is 7.89. The van der Waals surface area contributed by atoms with Crippen LogP contribution in [0.3, 0.4) is 0 Å². The second-order valence-electron chi connectivity index (χ2n) is 6.74. The maximum absolute atomic E-state index is 12.4. The van der Waals surface area contributed by atoms with Gasteiger partial charge in [-0.25, -0.2) is 12.7 Å². The third kappa shape index (κ3) is 2.85. The largest absolute Gasteiger partial charge is 0.367 e. The third-order valence-electron chi connectivity index (χ3n) is 4.90. The number of benzene rings is 2. The van der Waals surface area contributed by atoms with Crippen LogP contribution in [0.15, 0.2) is 59.6 Å². The summed E-state index contributed by atoms with van der Waals surface area (Å²) in [7, 11) is -0.283. The van der Waals surface area contributed by atoms with E-state index in [0.29, 0.717) is 4.90 Å². The number of aromatic nitrogens is 1. The summed E-state index contributed by atoms with van der Waals surface area (Å²) in [5, 5.41) is 1.14. The quantitative estimate of drug-likeness (QED) is 0.711. The standard InChI is InChI=1S/C20H21N3O2S/c1-22(2)26(24,25)18-8-9-19-16(13-18)10-12-23(19)14-17-6-3-5-15-7-4-11-21-20(15)17/h3-9,11,13H,10,12,14H2,1-2H3. The first-order valence-electron chi connectivity index (χ1n) is 8.60. The van der Waals surface area contributed by atoms with E-state index in [0.717, 1.165) is 41.7 Å². The van der Waals surface area contributed by atoms with Gasteiger partial charge in [0, 0.05) is 44.5 Å². The molecule has 0 unspecified atom stereocenters. The molecule has 26 heavy (non-hydrogen) atoms. The van der Waals surface area contributed by atoms with Crippen molar-refractivity contribution in [2.45, 2.75) is 17.9 Å². The van der Waals surface area contributed by atoms with Crippen LogP contribution in [0.4, 0.5) is 5.69 Å². The molecule has 6 heteroatoms. The van der Waals surface area contributed by atoms with Crippen LogP contribution in [0.25, 0.3) is 10.9 Å². The normalized spacial score (nSPS) is 14.2. The number of hydrogen-bond donors (Lipinski definition) is 0. The van der Waals surface area contributed by atoms with Gasteiger partial charge in [-0.2, -0.15) is 0 Å². The summed E-state index contributed by atoms with van der Waals surface area (Å²) in [4.78, 5) is 7.19. The number of para-hydroxylation sites is 1. The van der Waals surface area contributed by atoms with E-state index in [2.05, 4.69) is 34.1 Å².